The number of nitro groups is 1. The summed E-state index contributed by atoms with van der Waals surface area (Å²) in [5.41, 5.74) is 0.425. The lowest BCUT2D eigenvalue weighted by atomic mass is 10.1. The van der Waals surface area contributed by atoms with Crippen LogP contribution < -0.4 is 4.90 Å². The average Bonchev–Trinajstić information content (AvgIpc) is 3.27. The van der Waals surface area contributed by atoms with E-state index in [0.29, 0.717) is 17.1 Å². The molecule has 1 saturated heterocycles. The Hall–Kier alpha value is -3.01. The Balaban J connectivity index is 1.62. The molecule has 10 heteroatoms. The van der Waals surface area contributed by atoms with E-state index in [9.17, 15) is 19.3 Å². The number of non-ortho nitro benzene ring substituents is 1. The van der Waals surface area contributed by atoms with Gasteiger partial charge >= 0.3 is 0 Å². The zero-order valence-electron chi connectivity index (χ0n) is 14.9. The van der Waals surface area contributed by atoms with Crippen LogP contribution in [0.4, 0.5) is 15.8 Å². The zero-order chi connectivity index (χ0) is 21.4. The second-order valence-electron chi connectivity index (χ2n) is 6.09. The molecular weight excluding hydrogens is 451 g/mol. The summed E-state index contributed by atoms with van der Waals surface area (Å²) in [6.07, 6.45) is 1.50. The Morgan fingerprint density at radius 1 is 1.20 bits per heavy atom. The Morgan fingerprint density at radius 3 is 2.67 bits per heavy atom. The number of carbonyl (C=O) groups is 1. The SMILES string of the molecule is O=C1/C(=C\c2ccc(-c3ccc([N+](=O)[O-])cc3Cl)o2)SC(=S)N1c1ccccc1F. The molecule has 3 aromatic rings. The summed E-state index contributed by atoms with van der Waals surface area (Å²) in [6, 6.07) is 13.2. The van der Waals surface area contributed by atoms with Crippen molar-refractivity contribution < 1.29 is 18.5 Å². The third-order valence-electron chi connectivity index (χ3n) is 4.22. The van der Waals surface area contributed by atoms with E-state index in [-0.39, 0.29) is 25.6 Å². The molecule has 0 spiro atoms. The molecule has 1 aliphatic rings. The fourth-order valence-electron chi connectivity index (χ4n) is 2.83. The summed E-state index contributed by atoms with van der Waals surface area (Å²) in [5, 5.41) is 11.0. The summed E-state index contributed by atoms with van der Waals surface area (Å²) in [6.45, 7) is 0. The van der Waals surface area contributed by atoms with Crippen LogP contribution in [-0.4, -0.2) is 15.2 Å². The molecule has 30 heavy (non-hydrogen) atoms. The van der Waals surface area contributed by atoms with Crippen molar-refractivity contribution in [2.45, 2.75) is 0 Å². The number of nitrogens with zero attached hydrogens (tertiary/aromatic N) is 2. The summed E-state index contributed by atoms with van der Waals surface area (Å²) in [4.78, 5) is 24.5. The number of hydrogen-bond acceptors (Lipinski definition) is 6. The van der Waals surface area contributed by atoms with Gasteiger partial charge in [0.1, 0.15) is 17.3 Å². The number of halogens is 2. The number of thioether (sulfide) groups is 1. The summed E-state index contributed by atoms with van der Waals surface area (Å²) in [7, 11) is 0. The van der Waals surface area contributed by atoms with Crippen molar-refractivity contribution in [1.82, 2.24) is 0 Å². The number of thiocarbonyl (C=S) groups is 1. The smallest absolute Gasteiger partial charge is 0.270 e. The van der Waals surface area contributed by atoms with Gasteiger partial charge < -0.3 is 4.42 Å². The molecule has 0 radical (unpaired) electrons. The van der Waals surface area contributed by atoms with E-state index < -0.39 is 16.6 Å². The van der Waals surface area contributed by atoms with Gasteiger partial charge in [-0.05, 0) is 30.3 Å². The molecule has 0 saturated carbocycles. The number of benzene rings is 2. The molecule has 1 amide bonds. The molecule has 0 bridgehead atoms. The van der Waals surface area contributed by atoms with E-state index >= 15 is 0 Å². The van der Waals surface area contributed by atoms with Crippen molar-refractivity contribution in [2.24, 2.45) is 0 Å². The van der Waals surface area contributed by atoms with E-state index in [1.165, 1.54) is 42.5 Å². The van der Waals surface area contributed by atoms with Crippen LogP contribution in [0.5, 0.6) is 0 Å². The first-order valence-electron chi connectivity index (χ1n) is 8.42. The first-order valence-corrected chi connectivity index (χ1v) is 10.0. The number of nitro benzene ring substituents is 1. The van der Waals surface area contributed by atoms with Gasteiger partial charge in [-0.3, -0.25) is 19.8 Å². The number of rotatable bonds is 4. The maximum Gasteiger partial charge on any atom is 0.270 e. The van der Waals surface area contributed by atoms with Crippen LogP contribution in [-0.2, 0) is 4.79 Å². The predicted octanol–water partition coefficient (Wildman–Crippen LogP) is 6.05. The molecule has 0 unspecified atom stereocenters. The maximum absolute atomic E-state index is 14.1. The van der Waals surface area contributed by atoms with Crippen LogP contribution in [0, 0.1) is 15.9 Å². The largest absolute Gasteiger partial charge is 0.457 e. The van der Waals surface area contributed by atoms with E-state index in [2.05, 4.69) is 0 Å². The second kappa shape index (κ2) is 8.02. The normalized spacial score (nSPS) is 15.3. The first-order chi connectivity index (χ1) is 14.3. The molecule has 1 aromatic heterocycles. The number of hydrogen-bond donors (Lipinski definition) is 0. The second-order valence-corrected chi connectivity index (χ2v) is 8.17. The highest BCUT2D eigenvalue weighted by atomic mass is 35.5. The minimum Gasteiger partial charge on any atom is -0.457 e. The van der Waals surface area contributed by atoms with Crippen LogP contribution in [0.25, 0.3) is 17.4 Å². The van der Waals surface area contributed by atoms with Gasteiger partial charge in [-0.2, -0.15) is 0 Å². The molecule has 0 atom stereocenters. The fraction of sp³-hybridized carbons (Fsp3) is 0. The summed E-state index contributed by atoms with van der Waals surface area (Å²) < 4.78 is 20.0. The molecule has 4 rings (SSSR count). The van der Waals surface area contributed by atoms with Gasteiger partial charge in [0.2, 0.25) is 0 Å². The monoisotopic (exact) mass is 460 g/mol. The lowest BCUT2D eigenvalue weighted by Gasteiger charge is -2.14. The van der Waals surface area contributed by atoms with Gasteiger partial charge in [-0.15, -0.1) is 0 Å². The van der Waals surface area contributed by atoms with Crippen LogP contribution in [0.1, 0.15) is 5.76 Å². The van der Waals surface area contributed by atoms with Crippen molar-refractivity contribution in [3.8, 4) is 11.3 Å². The Bertz CT molecular complexity index is 1240. The highest BCUT2D eigenvalue weighted by Crippen LogP contribution is 2.38. The van der Waals surface area contributed by atoms with Gasteiger partial charge in [-0.25, -0.2) is 4.39 Å². The molecule has 2 heterocycles. The van der Waals surface area contributed by atoms with Gasteiger partial charge in [-0.1, -0.05) is 47.7 Å². The molecule has 0 aliphatic carbocycles. The fourth-order valence-corrected chi connectivity index (χ4v) is 4.36. The molecule has 1 fully saturated rings. The molecule has 1 aliphatic heterocycles. The van der Waals surface area contributed by atoms with Gasteiger partial charge in [0.15, 0.2) is 4.32 Å². The van der Waals surface area contributed by atoms with Crippen molar-refractivity contribution in [2.75, 3.05) is 4.90 Å². The maximum atomic E-state index is 14.1. The lowest BCUT2D eigenvalue weighted by Crippen LogP contribution is -2.28. The minimum atomic E-state index is -0.553. The number of carbonyl (C=O) groups excluding carboxylic acids is 1. The number of amides is 1. The van der Waals surface area contributed by atoms with Crippen LogP contribution >= 0.6 is 35.6 Å². The molecule has 6 nitrogen and oxygen atoms in total. The summed E-state index contributed by atoms with van der Waals surface area (Å²) in [5.74, 6) is -0.274. The van der Waals surface area contributed by atoms with Gasteiger partial charge in [0.25, 0.3) is 11.6 Å². The quantitative estimate of drug-likeness (QED) is 0.204. The third kappa shape index (κ3) is 3.74. The topological polar surface area (TPSA) is 76.6 Å². The predicted molar refractivity (Wildman–Crippen MR) is 118 cm³/mol. The Morgan fingerprint density at radius 2 is 1.97 bits per heavy atom. The van der Waals surface area contributed by atoms with Crippen molar-refractivity contribution in [3.63, 3.8) is 0 Å². The van der Waals surface area contributed by atoms with Crippen LogP contribution in [0.15, 0.2) is 63.9 Å². The Labute approximate surface area is 184 Å². The number of para-hydroxylation sites is 1. The van der Waals surface area contributed by atoms with E-state index in [4.69, 9.17) is 28.2 Å². The molecule has 150 valence electrons. The highest BCUT2D eigenvalue weighted by molar-refractivity contribution is 8.27. The van der Waals surface area contributed by atoms with E-state index in [0.717, 1.165) is 16.7 Å². The molecule has 2 aromatic carbocycles. The average molecular weight is 461 g/mol. The minimum absolute atomic E-state index is 0.0844. The number of furan rings is 1. The van der Waals surface area contributed by atoms with Crippen LogP contribution in [0.2, 0.25) is 5.02 Å². The molecule has 0 N–H and O–H groups in total. The zero-order valence-corrected chi connectivity index (χ0v) is 17.3. The van der Waals surface area contributed by atoms with Crippen LogP contribution in [0.3, 0.4) is 0 Å². The van der Waals surface area contributed by atoms with Gasteiger partial charge in [0, 0.05) is 23.8 Å². The Kier molecular flexibility index (Phi) is 5.42. The van der Waals surface area contributed by atoms with Gasteiger partial charge in [0.05, 0.1) is 20.5 Å². The highest BCUT2D eigenvalue weighted by Gasteiger charge is 2.35. The lowest BCUT2D eigenvalue weighted by molar-refractivity contribution is -0.384. The van der Waals surface area contributed by atoms with E-state index in [1.807, 2.05) is 0 Å². The standard InChI is InChI=1S/C20H10ClFN2O4S2/c21-14-9-11(24(26)27)5-7-13(14)17-8-6-12(28-17)10-18-19(25)23(20(29)30-18)16-4-2-1-3-15(16)22/h1-10H/b18-10+. The molecular formula is C20H10ClFN2O4S2. The number of anilines is 1. The first kappa shape index (κ1) is 20.3. The van der Waals surface area contributed by atoms with Crippen molar-refractivity contribution >= 4 is 63.3 Å². The third-order valence-corrected chi connectivity index (χ3v) is 5.83. The van der Waals surface area contributed by atoms with E-state index in [1.54, 1.807) is 18.2 Å². The van der Waals surface area contributed by atoms with Crippen molar-refractivity contribution in [3.05, 3.63) is 86.2 Å². The summed E-state index contributed by atoms with van der Waals surface area (Å²) >= 11 is 12.4. The van der Waals surface area contributed by atoms with Crippen molar-refractivity contribution in [1.29, 1.82) is 0 Å².